The maximum Gasteiger partial charge on any atom is 0.230 e. The lowest BCUT2D eigenvalue weighted by Gasteiger charge is -2.19. The van der Waals surface area contributed by atoms with Crippen LogP contribution < -0.4 is 5.32 Å². The molecule has 0 aliphatic heterocycles. The average molecular weight is 391 g/mol. The van der Waals surface area contributed by atoms with Crippen LogP contribution in [-0.2, 0) is 17.6 Å². The SMILES string of the molecule is CC1CCc2c(-c3nnc(SCC(=O)NC4CC4)n3C(C)C)csc2C1. The minimum absolute atomic E-state index is 0.0965. The Hall–Kier alpha value is -1.34. The van der Waals surface area contributed by atoms with Crippen LogP contribution in [0.5, 0.6) is 0 Å². The third-order valence-corrected chi connectivity index (χ3v) is 7.09. The average Bonchev–Trinajstić information content (AvgIpc) is 3.16. The molecule has 7 heteroatoms. The fourth-order valence-corrected chi connectivity index (χ4v) is 5.64. The Kier molecular flexibility index (Phi) is 5.10. The van der Waals surface area contributed by atoms with Gasteiger partial charge in [-0.15, -0.1) is 21.5 Å². The van der Waals surface area contributed by atoms with E-state index in [4.69, 9.17) is 0 Å². The lowest BCUT2D eigenvalue weighted by Crippen LogP contribution is -2.27. The van der Waals surface area contributed by atoms with Gasteiger partial charge in [-0.3, -0.25) is 9.36 Å². The molecule has 0 saturated heterocycles. The standard InChI is InChI=1S/C19H26N4OS2/c1-11(2)23-18(15-9-25-16-8-12(3)4-7-14(15)16)21-22-19(23)26-10-17(24)20-13-5-6-13/h9,11-13H,4-8,10H2,1-3H3,(H,20,24). The van der Waals surface area contributed by atoms with Gasteiger partial charge in [-0.2, -0.15) is 0 Å². The number of fused-ring (bicyclic) bond motifs is 1. The van der Waals surface area contributed by atoms with E-state index in [2.05, 4.69) is 46.2 Å². The summed E-state index contributed by atoms with van der Waals surface area (Å²) in [6.45, 7) is 6.64. The van der Waals surface area contributed by atoms with Crippen molar-refractivity contribution >= 4 is 29.0 Å². The molecule has 1 amide bonds. The van der Waals surface area contributed by atoms with Crippen LogP contribution in [0.2, 0.25) is 0 Å². The van der Waals surface area contributed by atoms with Gasteiger partial charge in [-0.1, -0.05) is 18.7 Å². The van der Waals surface area contributed by atoms with Gasteiger partial charge in [0.25, 0.3) is 0 Å². The number of rotatable bonds is 6. The van der Waals surface area contributed by atoms with Gasteiger partial charge in [-0.25, -0.2) is 0 Å². The monoisotopic (exact) mass is 390 g/mol. The molecule has 1 N–H and O–H groups in total. The van der Waals surface area contributed by atoms with E-state index in [1.54, 1.807) is 0 Å². The zero-order valence-electron chi connectivity index (χ0n) is 15.6. The van der Waals surface area contributed by atoms with Crippen LogP contribution in [0, 0.1) is 5.92 Å². The molecule has 2 heterocycles. The number of hydrogen-bond donors (Lipinski definition) is 1. The highest BCUT2D eigenvalue weighted by atomic mass is 32.2. The van der Waals surface area contributed by atoms with E-state index < -0.39 is 0 Å². The third-order valence-electron chi connectivity index (χ3n) is 5.10. The van der Waals surface area contributed by atoms with Crippen molar-refractivity contribution in [3.8, 4) is 11.4 Å². The van der Waals surface area contributed by atoms with Crippen molar-refractivity contribution in [2.24, 2.45) is 5.92 Å². The van der Waals surface area contributed by atoms with Crippen molar-refractivity contribution in [1.29, 1.82) is 0 Å². The summed E-state index contributed by atoms with van der Waals surface area (Å²) >= 11 is 3.35. The second-order valence-electron chi connectivity index (χ2n) is 7.80. The Morgan fingerprint density at radius 2 is 2.19 bits per heavy atom. The quantitative estimate of drug-likeness (QED) is 0.755. The minimum atomic E-state index is 0.0965. The van der Waals surface area contributed by atoms with E-state index in [0.29, 0.717) is 11.8 Å². The number of aromatic nitrogens is 3. The summed E-state index contributed by atoms with van der Waals surface area (Å²) < 4.78 is 2.19. The Morgan fingerprint density at radius 3 is 2.92 bits per heavy atom. The van der Waals surface area contributed by atoms with Crippen LogP contribution in [0.1, 0.15) is 56.5 Å². The predicted molar refractivity (Wildman–Crippen MR) is 107 cm³/mol. The maximum atomic E-state index is 12.0. The number of carbonyl (C=O) groups excluding carboxylic acids is 1. The summed E-state index contributed by atoms with van der Waals surface area (Å²) in [4.78, 5) is 13.5. The molecule has 2 aliphatic carbocycles. The molecule has 1 saturated carbocycles. The number of carbonyl (C=O) groups is 1. The van der Waals surface area contributed by atoms with Crippen LogP contribution in [0.3, 0.4) is 0 Å². The normalized spacial score (nSPS) is 19.6. The molecule has 5 nitrogen and oxygen atoms in total. The summed E-state index contributed by atoms with van der Waals surface area (Å²) in [6.07, 6.45) is 5.79. The van der Waals surface area contributed by atoms with Gasteiger partial charge in [-0.05, 0) is 57.4 Å². The van der Waals surface area contributed by atoms with Crippen LogP contribution in [-0.4, -0.2) is 32.5 Å². The number of hydrogen-bond acceptors (Lipinski definition) is 5. The van der Waals surface area contributed by atoms with Crippen LogP contribution in [0.15, 0.2) is 10.5 Å². The van der Waals surface area contributed by atoms with Crippen molar-refractivity contribution in [1.82, 2.24) is 20.1 Å². The van der Waals surface area contributed by atoms with Crippen molar-refractivity contribution in [2.45, 2.75) is 70.1 Å². The van der Waals surface area contributed by atoms with Gasteiger partial charge >= 0.3 is 0 Å². The number of thiophene rings is 1. The van der Waals surface area contributed by atoms with E-state index in [9.17, 15) is 4.79 Å². The lowest BCUT2D eigenvalue weighted by atomic mass is 9.88. The second-order valence-corrected chi connectivity index (χ2v) is 9.71. The second kappa shape index (κ2) is 7.35. The lowest BCUT2D eigenvalue weighted by molar-refractivity contribution is -0.118. The van der Waals surface area contributed by atoms with Gasteiger partial charge in [0.05, 0.1) is 5.75 Å². The van der Waals surface area contributed by atoms with Gasteiger partial charge < -0.3 is 5.32 Å². The summed E-state index contributed by atoms with van der Waals surface area (Å²) in [5.74, 6) is 2.23. The minimum Gasteiger partial charge on any atom is -0.353 e. The molecule has 2 aromatic rings. The van der Waals surface area contributed by atoms with E-state index in [1.807, 2.05) is 11.3 Å². The Labute approximate surface area is 163 Å². The van der Waals surface area contributed by atoms with Gasteiger partial charge in [0.1, 0.15) is 0 Å². The molecule has 4 rings (SSSR count). The smallest absolute Gasteiger partial charge is 0.230 e. The largest absolute Gasteiger partial charge is 0.353 e. The molecule has 140 valence electrons. The molecule has 0 spiro atoms. The zero-order chi connectivity index (χ0) is 18.3. The Balaban J connectivity index is 1.57. The van der Waals surface area contributed by atoms with Crippen LogP contribution in [0.4, 0.5) is 0 Å². The molecular weight excluding hydrogens is 364 g/mol. The van der Waals surface area contributed by atoms with Gasteiger partial charge in [0.2, 0.25) is 5.91 Å². The Bertz CT molecular complexity index is 807. The first-order chi connectivity index (χ1) is 12.5. The number of nitrogens with zero attached hydrogens (tertiary/aromatic N) is 3. The molecule has 1 fully saturated rings. The third kappa shape index (κ3) is 3.69. The van der Waals surface area contributed by atoms with Crippen molar-refractivity contribution in [2.75, 3.05) is 5.75 Å². The molecule has 0 radical (unpaired) electrons. The van der Waals surface area contributed by atoms with E-state index >= 15 is 0 Å². The van der Waals surface area contributed by atoms with Gasteiger partial charge in [0, 0.05) is 27.9 Å². The first-order valence-electron chi connectivity index (χ1n) is 9.49. The highest BCUT2D eigenvalue weighted by Gasteiger charge is 2.26. The number of thioether (sulfide) groups is 1. The summed E-state index contributed by atoms with van der Waals surface area (Å²) in [5.41, 5.74) is 2.71. The molecule has 2 aromatic heterocycles. The molecular formula is C19H26N4OS2. The molecule has 1 unspecified atom stereocenters. The molecule has 2 aliphatic rings. The fourth-order valence-electron chi connectivity index (χ4n) is 3.52. The summed E-state index contributed by atoms with van der Waals surface area (Å²) in [5, 5.41) is 15.1. The topological polar surface area (TPSA) is 59.8 Å². The van der Waals surface area contributed by atoms with Crippen molar-refractivity contribution in [3.05, 3.63) is 15.8 Å². The van der Waals surface area contributed by atoms with E-state index in [1.165, 1.54) is 40.6 Å². The Morgan fingerprint density at radius 1 is 1.38 bits per heavy atom. The van der Waals surface area contributed by atoms with E-state index in [-0.39, 0.29) is 11.9 Å². The zero-order valence-corrected chi connectivity index (χ0v) is 17.3. The molecule has 1 atom stereocenters. The number of nitrogens with one attached hydrogen (secondary N) is 1. The van der Waals surface area contributed by atoms with Crippen molar-refractivity contribution < 1.29 is 4.79 Å². The first-order valence-corrected chi connectivity index (χ1v) is 11.4. The summed E-state index contributed by atoms with van der Waals surface area (Å²) in [6, 6.07) is 0.661. The summed E-state index contributed by atoms with van der Waals surface area (Å²) in [7, 11) is 0. The highest BCUT2D eigenvalue weighted by molar-refractivity contribution is 7.99. The van der Waals surface area contributed by atoms with Crippen molar-refractivity contribution in [3.63, 3.8) is 0 Å². The molecule has 0 aromatic carbocycles. The predicted octanol–water partition coefficient (Wildman–Crippen LogP) is 4.08. The van der Waals surface area contributed by atoms with Crippen LogP contribution >= 0.6 is 23.1 Å². The first kappa shape index (κ1) is 18.0. The molecule has 26 heavy (non-hydrogen) atoms. The maximum absolute atomic E-state index is 12.0. The number of amides is 1. The van der Waals surface area contributed by atoms with Crippen LogP contribution in [0.25, 0.3) is 11.4 Å². The van der Waals surface area contributed by atoms with Gasteiger partial charge in [0.15, 0.2) is 11.0 Å². The van der Waals surface area contributed by atoms with E-state index in [0.717, 1.165) is 36.2 Å². The fraction of sp³-hybridized carbons (Fsp3) is 0.632. The molecule has 0 bridgehead atoms. The highest BCUT2D eigenvalue weighted by Crippen LogP contribution is 2.39.